The minimum absolute atomic E-state index is 0.455. The van der Waals surface area contributed by atoms with Crippen LogP contribution in [0.1, 0.15) is 64.0 Å². The quantitative estimate of drug-likeness (QED) is 0.725. The Labute approximate surface area is 126 Å². The lowest BCUT2D eigenvalue weighted by Crippen LogP contribution is -2.31. The molecule has 0 amide bonds. The molecule has 1 saturated carbocycles. The summed E-state index contributed by atoms with van der Waals surface area (Å²) in [5.41, 5.74) is 1.39. The molecule has 0 saturated heterocycles. The molecule has 2 rings (SSSR count). The van der Waals surface area contributed by atoms with Crippen molar-refractivity contribution in [2.75, 3.05) is 0 Å². The minimum atomic E-state index is 0.455. The predicted octanol–water partition coefficient (Wildman–Crippen LogP) is 5.46. The third kappa shape index (κ3) is 4.61. The van der Waals surface area contributed by atoms with E-state index in [4.69, 9.17) is 0 Å². The number of halogens is 1. The molecular formula is C17H26BrN. The third-order valence-corrected chi connectivity index (χ3v) is 5.05. The summed E-state index contributed by atoms with van der Waals surface area (Å²) in [6.07, 6.45) is 8.28. The molecular weight excluding hydrogens is 298 g/mol. The molecule has 1 aromatic rings. The van der Waals surface area contributed by atoms with Crippen LogP contribution in [0.15, 0.2) is 28.7 Å². The Morgan fingerprint density at radius 2 is 1.89 bits per heavy atom. The van der Waals surface area contributed by atoms with Gasteiger partial charge >= 0.3 is 0 Å². The van der Waals surface area contributed by atoms with E-state index in [1.165, 1.54) is 44.1 Å². The molecule has 0 heterocycles. The van der Waals surface area contributed by atoms with Gasteiger partial charge < -0.3 is 5.32 Å². The van der Waals surface area contributed by atoms with Crippen molar-refractivity contribution in [1.29, 1.82) is 0 Å². The molecule has 1 nitrogen and oxygen atoms in total. The SMILES string of the molecule is CCC1CCCC(NC(C)c2ccc(Br)cc2)CC1. The maximum Gasteiger partial charge on any atom is 0.0294 e. The Kier molecular flexibility index (Phi) is 5.90. The number of hydrogen-bond acceptors (Lipinski definition) is 1. The topological polar surface area (TPSA) is 12.0 Å². The van der Waals surface area contributed by atoms with E-state index < -0.39 is 0 Å². The fourth-order valence-electron chi connectivity index (χ4n) is 3.15. The van der Waals surface area contributed by atoms with Gasteiger partial charge in [-0.3, -0.25) is 0 Å². The number of nitrogens with one attached hydrogen (secondary N) is 1. The van der Waals surface area contributed by atoms with E-state index in [9.17, 15) is 0 Å². The van der Waals surface area contributed by atoms with Gasteiger partial charge in [-0.25, -0.2) is 0 Å². The second-order valence-corrected chi connectivity index (χ2v) is 6.84. The molecule has 1 fully saturated rings. The van der Waals surface area contributed by atoms with Crippen molar-refractivity contribution in [3.05, 3.63) is 34.3 Å². The van der Waals surface area contributed by atoms with Gasteiger partial charge in [0.05, 0.1) is 0 Å². The molecule has 0 bridgehead atoms. The lowest BCUT2D eigenvalue weighted by molar-refractivity contribution is 0.400. The van der Waals surface area contributed by atoms with Gasteiger partial charge in [0.2, 0.25) is 0 Å². The summed E-state index contributed by atoms with van der Waals surface area (Å²) in [4.78, 5) is 0. The summed E-state index contributed by atoms with van der Waals surface area (Å²) < 4.78 is 1.16. The molecule has 0 radical (unpaired) electrons. The Morgan fingerprint density at radius 1 is 1.16 bits per heavy atom. The van der Waals surface area contributed by atoms with E-state index in [1.807, 2.05) is 0 Å². The van der Waals surface area contributed by atoms with Crippen LogP contribution in [0.2, 0.25) is 0 Å². The van der Waals surface area contributed by atoms with Gasteiger partial charge in [-0.05, 0) is 49.8 Å². The van der Waals surface area contributed by atoms with Gasteiger partial charge in [-0.2, -0.15) is 0 Å². The summed E-state index contributed by atoms with van der Waals surface area (Å²) in [6.45, 7) is 4.62. The Balaban J connectivity index is 1.88. The standard InChI is InChI=1S/C17H26BrN/c1-3-14-5-4-6-17(12-7-14)19-13(2)15-8-10-16(18)11-9-15/h8-11,13-14,17,19H,3-7,12H2,1-2H3. The molecule has 1 aromatic carbocycles. The Bertz CT molecular complexity index is 373. The third-order valence-electron chi connectivity index (χ3n) is 4.52. The van der Waals surface area contributed by atoms with Gasteiger partial charge in [-0.1, -0.05) is 54.2 Å². The fourth-order valence-corrected chi connectivity index (χ4v) is 3.42. The van der Waals surface area contributed by atoms with Crippen molar-refractivity contribution < 1.29 is 0 Å². The number of rotatable bonds is 4. The summed E-state index contributed by atoms with van der Waals surface area (Å²) in [5, 5.41) is 3.82. The summed E-state index contributed by atoms with van der Waals surface area (Å²) >= 11 is 3.50. The van der Waals surface area contributed by atoms with Crippen molar-refractivity contribution in [3.63, 3.8) is 0 Å². The second kappa shape index (κ2) is 7.44. The molecule has 1 N–H and O–H groups in total. The first-order valence-corrected chi connectivity index (χ1v) is 8.50. The van der Waals surface area contributed by atoms with Crippen LogP contribution < -0.4 is 5.32 Å². The molecule has 19 heavy (non-hydrogen) atoms. The van der Waals surface area contributed by atoms with Crippen LogP contribution in [0.4, 0.5) is 0 Å². The summed E-state index contributed by atoms with van der Waals surface area (Å²) in [5.74, 6) is 0.967. The predicted molar refractivity (Wildman–Crippen MR) is 86.3 cm³/mol. The largest absolute Gasteiger partial charge is 0.307 e. The molecule has 106 valence electrons. The van der Waals surface area contributed by atoms with Crippen LogP contribution in [0, 0.1) is 5.92 Å². The Hall–Kier alpha value is -0.340. The lowest BCUT2D eigenvalue weighted by atomic mass is 9.97. The average Bonchev–Trinajstić information content (AvgIpc) is 2.64. The molecule has 2 heteroatoms. The van der Waals surface area contributed by atoms with Crippen LogP contribution in [-0.4, -0.2) is 6.04 Å². The highest BCUT2D eigenvalue weighted by Gasteiger charge is 2.19. The van der Waals surface area contributed by atoms with Crippen molar-refractivity contribution in [2.45, 2.75) is 64.5 Å². The maximum absolute atomic E-state index is 3.82. The summed E-state index contributed by atoms with van der Waals surface area (Å²) in [6, 6.07) is 9.86. The smallest absolute Gasteiger partial charge is 0.0294 e. The van der Waals surface area contributed by atoms with Gasteiger partial charge in [0.15, 0.2) is 0 Å². The lowest BCUT2D eigenvalue weighted by Gasteiger charge is -2.22. The zero-order valence-electron chi connectivity index (χ0n) is 12.2. The van der Waals surface area contributed by atoms with Crippen LogP contribution >= 0.6 is 15.9 Å². The highest BCUT2D eigenvalue weighted by Crippen LogP contribution is 2.27. The first kappa shape index (κ1) is 15.1. The first-order chi connectivity index (χ1) is 9.19. The molecule has 1 aliphatic carbocycles. The van der Waals surface area contributed by atoms with Crippen molar-refractivity contribution >= 4 is 15.9 Å². The van der Waals surface area contributed by atoms with Crippen LogP contribution in [0.25, 0.3) is 0 Å². The van der Waals surface area contributed by atoms with E-state index in [0.717, 1.165) is 10.4 Å². The molecule has 0 aromatic heterocycles. The zero-order chi connectivity index (χ0) is 13.7. The highest BCUT2D eigenvalue weighted by molar-refractivity contribution is 9.10. The van der Waals surface area contributed by atoms with Gasteiger partial charge in [0.25, 0.3) is 0 Å². The molecule has 0 aliphatic heterocycles. The zero-order valence-corrected chi connectivity index (χ0v) is 13.7. The maximum atomic E-state index is 3.82. The molecule has 3 atom stereocenters. The number of benzene rings is 1. The molecule has 3 unspecified atom stereocenters. The van der Waals surface area contributed by atoms with E-state index in [-0.39, 0.29) is 0 Å². The van der Waals surface area contributed by atoms with E-state index in [2.05, 4.69) is 59.4 Å². The highest BCUT2D eigenvalue weighted by atomic mass is 79.9. The van der Waals surface area contributed by atoms with Crippen LogP contribution in [0.5, 0.6) is 0 Å². The van der Waals surface area contributed by atoms with E-state index >= 15 is 0 Å². The minimum Gasteiger partial charge on any atom is -0.307 e. The number of hydrogen-bond donors (Lipinski definition) is 1. The first-order valence-electron chi connectivity index (χ1n) is 7.70. The van der Waals surface area contributed by atoms with Crippen molar-refractivity contribution in [2.24, 2.45) is 5.92 Å². The van der Waals surface area contributed by atoms with Crippen molar-refractivity contribution in [3.8, 4) is 0 Å². The summed E-state index contributed by atoms with van der Waals surface area (Å²) in [7, 11) is 0. The van der Waals surface area contributed by atoms with E-state index in [1.54, 1.807) is 0 Å². The second-order valence-electron chi connectivity index (χ2n) is 5.92. The van der Waals surface area contributed by atoms with Crippen molar-refractivity contribution in [1.82, 2.24) is 5.32 Å². The van der Waals surface area contributed by atoms with Gasteiger partial charge in [-0.15, -0.1) is 0 Å². The fraction of sp³-hybridized carbons (Fsp3) is 0.647. The average molecular weight is 324 g/mol. The van der Waals surface area contributed by atoms with Crippen LogP contribution in [0.3, 0.4) is 0 Å². The van der Waals surface area contributed by atoms with Gasteiger partial charge in [0, 0.05) is 16.6 Å². The van der Waals surface area contributed by atoms with Gasteiger partial charge in [0.1, 0.15) is 0 Å². The monoisotopic (exact) mass is 323 g/mol. The van der Waals surface area contributed by atoms with E-state index in [0.29, 0.717) is 12.1 Å². The molecule has 1 aliphatic rings. The van der Waals surface area contributed by atoms with Crippen LogP contribution in [-0.2, 0) is 0 Å². The Morgan fingerprint density at radius 3 is 2.58 bits per heavy atom. The normalized spacial score (nSPS) is 25.8. The molecule has 0 spiro atoms.